The maximum atomic E-state index is 12.3. The van der Waals surface area contributed by atoms with Crippen molar-refractivity contribution < 1.29 is 19.0 Å². The van der Waals surface area contributed by atoms with Gasteiger partial charge in [-0.2, -0.15) is 0 Å². The van der Waals surface area contributed by atoms with Gasteiger partial charge in [-0.1, -0.05) is 32.0 Å². The molecule has 4 nitrogen and oxygen atoms in total. The molecule has 0 amide bonds. The van der Waals surface area contributed by atoms with E-state index in [2.05, 4.69) is 13.8 Å². The predicted octanol–water partition coefficient (Wildman–Crippen LogP) is 5.62. The second kappa shape index (κ2) is 9.16. The van der Waals surface area contributed by atoms with Crippen molar-refractivity contribution in [2.24, 2.45) is 5.41 Å². The first kappa shape index (κ1) is 19.6. The highest BCUT2D eigenvalue weighted by Crippen LogP contribution is 2.25. The van der Waals surface area contributed by atoms with Gasteiger partial charge < -0.3 is 14.2 Å². The van der Waals surface area contributed by atoms with Crippen LogP contribution >= 0.6 is 0 Å². The Hall–Kier alpha value is -2.17. The van der Waals surface area contributed by atoms with Gasteiger partial charge >= 0.3 is 0 Å². The Balaban J connectivity index is 1.38. The molecule has 144 valence electrons. The van der Waals surface area contributed by atoms with Gasteiger partial charge in [-0.05, 0) is 55.7 Å². The van der Waals surface area contributed by atoms with Crippen molar-refractivity contribution in [1.29, 1.82) is 0 Å². The minimum atomic E-state index is -0.123. The van der Waals surface area contributed by atoms with Crippen LogP contribution in [0.25, 0.3) is 0 Å². The first-order valence-corrected chi connectivity index (χ1v) is 9.61. The summed E-state index contributed by atoms with van der Waals surface area (Å²) in [6.45, 7) is 5.73. The van der Waals surface area contributed by atoms with Crippen LogP contribution in [-0.2, 0) is 9.47 Å². The topological polar surface area (TPSA) is 44.8 Å². The molecule has 0 N–H and O–H groups in total. The molecule has 2 aromatic carbocycles. The molecular formula is C23H28O4. The van der Waals surface area contributed by atoms with Crippen molar-refractivity contribution in [2.75, 3.05) is 13.2 Å². The average molecular weight is 368 g/mol. The lowest BCUT2D eigenvalue weighted by molar-refractivity contribution is -0.224. The van der Waals surface area contributed by atoms with Gasteiger partial charge in [-0.15, -0.1) is 0 Å². The van der Waals surface area contributed by atoms with E-state index in [4.69, 9.17) is 14.2 Å². The first-order chi connectivity index (χ1) is 13.0. The van der Waals surface area contributed by atoms with Crippen LogP contribution in [0.5, 0.6) is 11.5 Å². The number of carbonyl (C=O) groups is 1. The minimum absolute atomic E-state index is 0.100. The Morgan fingerprint density at radius 2 is 1.59 bits per heavy atom. The zero-order valence-corrected chi connectivity index (χ0v) is 16.1. The quantitative estimate of drug-likeness (QED) is 0.448. The summed E-state index contributed by atoms with van der Waals surface area (Å²) in [6, 6.07) is 16.9. The number of Topliss-reactive ketones (excluding diaryl/α,β-unsaturated/α-hetero) is 1. The van der Waals surface area contributed by atoms with Gasteiger partial charge in [0.25, 0.3) is 0 Å². The number of rotatable bonds is 8. The summed E-state index contributed by atoms with van der Waals surface area (Å²) in [7, 11) is 0. The van der Waals surface area contributed by atoms with Crippen LogP contribution in [0, 0.1) is 5.41 Å². The lowest BCUT2D eigenvalue weighted by Crippen LogP contribution is -2.37. The van der Waals surface area contributed by atoms with Crippen LogP contribution in [0.3, 0.4) is 0 Å². The van der Waals surface area contributed by atoms with E-state index in [1.54, 1.807) is 0 Å². The molecule has 1 saturated heterocycles. The summed E-state index contributed by atoms with van der Waals surface area (Å²) < 4.78 is 17.2. The Kier molecular flexibility index (Phi) is 6.64. The SMILES string of the molecule is CC1(C)COC(CCCCC(=O)c2ccc(Oc3ccccc3)cc2)OC1. The van der Waals surface area contributed by atoms with Gasteiger partial charge in [-0.3, -0.25) is 4.79 Å². The minimum Gasteiger partial charge on any atom is -0.457 e. The summed E-state index contributed by atoms with van der Waals surface area (Å²) in [4.78, 5) is 12.3. The Bertz CT molecular complexity index is 712. The van der Waals surface area contributed by atoms with Crippen molar-refractivity contribution in [3.63, 3.8) is 0 Å². The van der Waals surface area contributed by atoms with E-state index in [0.717, 1.165) is 49.5 Å². The number of hydrogen-bond donors (Lipinski definition) is 0. The third-order valence-corrected chi connectivity index (χ3v) is 4.57. The molecule has 0 aliphatic carbocycles. The van der Waals surface area contributed by atoms with Crippen molar-refractivity contribution in [3.05, 3.63) is 60.2 Å². The van der Waals surface area contributed by atoms with Gasteiger partial charge in [0, 0.05) is 17.4 Å². The molecule has 1 fully saturated rings. The van der Waals surface area contributed by atoms with Crippen LogP contribution in [0.4, 0.5) is 0 Å². The Morgan fingerprint density at radius 1 is 0.963 bits per heavy atom. The molecule has 0 radical (unpaired) electrons. The third-order valence-electron chi connectivity index (χ3n) is 4.57. The summed E-state index contributed by atoms with van der Waals surface area (Å²) in [5.41, 5.74) is 0.824. The van der Waals surface area contributed by atoms with Gasteiger partial charge in [0.2, 0.25) is 0 Å². The lowest BCUT2D eigenvalue weighted by atomic mass is 9.95. The standard InChI is InChI=1S/C23H28O4/c1-23(2)16-25-22(26-17-23)11-7-6-10-21(24)18-12-14-20(15-13-18)27-19-8-4-3-5-9-19/h3-5,8-9,12-15,22H,6-7,10-11,16-17H2,1-2H3. The second-order valence-electron chi connectivity index (χ2n) is 7.82. The number of para-hydroxylation sites is 1. The molecule has 27 heavy (non-hydrogen) atoms. The fraction of sp³-hybridized carbons (Fsp3) is 0.435. The van der Waals surface area contributed by atoms with E-state index in [9.17, 15) is 4.79 Å². The molecular weight excluding hydrogens is 340 g/mol. The average Bonchev–Trinajstić information content (AvgIpc) is 2.67. The van der Waals surface area contributed by atoms with Gasteiger partial charge in [0.15, 0.2) is 12.1 Å². The van der Waals surface area contributed by atoms with Crippen molar-refractivity contribution in [2.45, 2.75) is 45.8 Å². The zero-order chi connectivity index (χ0) is 19.1. The molecule has 0 saturated carbocycles. The number of hydrogen-bond acceptors (Lipinski definition) is 4. The van der Waals surface area contributed by atoms with E-state index >= 15 is 0 Å². The summed E-state index contributed by atoms with van der Waals surface area (Å²) in [6.07, 6.45) is 3.02. The lowest BCUT2D eigenvalue weighted by Gasteiger charge is -2.34. The summed E-state index contributed by atoms with van der Waals surface area (Å²) in [5.74, 6) is 1.67. The van der Waals surface area contributed by atoms with Gasteiger partial charge in [-0.25, -0.2) is 0 Å². The molecule has 3 rings (SSSR count). The fourth-order valence-corrected chi connectivity index (χ4v) is 2.97. The smallest absolute Gasteiger partial charge is 0.162 e. The van der Waals surface area contributed by atoms with Gasteiger partial charge in [0.05, 0.1) is 13.2 Å². The molecule has 0 aromatic heterocycles. The van der Waals surface area contributed by atoms with E-state index in [-0.39, 0.29) is 17.5 Å². The maximum Gasteiger partial charge on any atom is 0.162 e. The normalized spacial score (nSPS) is 16.8. The fourth-order valence-electron chi connectivity index (χ4n) is 2.97. The Labute approximate surface area is 161 Å². The maximum absolute atomic E-state index is 12.3. The van der Waals surface area contributed by atoms with E-state index < -0.39 is 0 Å². The van der Waals surface area contributed by atoms with Crippen LogP contribution in [0.2, 0.25) is 0 Å². The number of ketones is 1. The molecule has 1 heterocycles. The monoisotopic (exact) mass is 368 g/mol. The zero-order valence-electron chi connectivity index (χ0n) is 16.1. The molecule has 0 unspecified atom stereocenters. The van der Waals surface area contributed by atoms with Crippen molar-refractivity contribution >= 4 is 5.78 Å². The van der Waals surface area contributed by atoms with Crippen LogP contribution in [0.15, 0.2) is 54.6 Å². The summed E-state index contributed by atoms with van der Waals surface area (Å²) >= 11 is 0. The van der Waals surface area contributed by atoms with Crippen LogP contribution < -0.4 is 4.74 Å². The molecule has 0 spiro atoms. The first-order valence-electron chi connectivity index (χ1n) is 9.61. The largest absolute Gasteiger partial charge is 0.457 e. The van der Waals surface area contributed by atoms with Crippen LogP contribution in [-0.4, -0.2) is 25.3 Å². The molecule has 1 aliphatic heterocycles. The highest BCUT2D eigenvalue weighted by atomic mass is 16.7. The molecule has 0 bridgehead atoms. The summed E-state index contributed by atoms with van der Waals surface area (Å²) in [5, 5.41) is 0. The van der Waals surface area contributed by atoms with E-state index in [0.29, 0.717) is 6.42 Å². The highest BCUT2D eigenvalue weighted by molar-refractivity contribution is 5.96. The van der Waals surface area contributed by atoms with Crippen molar-refractivity contribution in [1.82, 2.24) is 0 Å². The molecule has 1 aliphatic rings. The predicted molar refractivity (Wildman–Crippen MR) is 105 cm³/mol. The number of unbranched alkanes of at least 4 members (excludes halogenated alkanes) is 1. The number of ether oxygens (including phenoxy) is 3. The second-order valence-corrected chi connectivity index (χ2v) is 7.82. The third kappa shape index (κ3) is 6.19. The molecule has 0 atom stereocenters. The number of benzene rings is 2. The molecule has 4 heteroatoms. The molecule has 2 aromatic rings. The van der Waals surface area contributed by atoms with E-state index in [1.165, 1.54) is 0 Å². The van der Waals surface area contributed by atoms with Gasteiger partial charge in [0.1, 0.15) is 11.5 Å². The highest BCUT2D eigenvalue weighted by Gasteiger charge is 2.27. The van der Waals surface area contributed by atoms with E-state index in [1.807, 2.05) is 54.6 Å². The van der Waals surface area contributed by atoms with Crippen LogP contribution in [0.1, 0.15) is 49.9 Å². The number of carbonyl (C=O) groups excluding carboxylic acids is 1. The Morgan fingerprint density at radius 3 is 2.26 bits per heavy atom. The van der Waals surface area contributed by atoms with Crippen molar-refractivity contribution in [3.8, 4) is 11.5 Å².